The number of nitrogen functional groups attached to an aromatic ring is 1. The molecule has 1 aromatic heterocycles. The number of nitrogens with one attached hydrogen (secondary N) is 1. The topological polar surface area (TPSA) is 76.2 Å². The van der Waals surface area contributed by atoms with Crippen LogP contribution >= 0.6 is 0 Å². The van der Waals surface area contributed by atoms with Gasteiger partial charge in [-0.3, -0.25) is 14.4 Å². The molecular formula is C14H23N5O. The molecule has 3 rings (SSSR count). The lowest BCUT2D eigenvalue weighted by molar-refractivity contribution is -0.126. The van der Waals surface area contributed by atoms with Crippen LogP contribution in [0.5, 0.6) is 0 Å². The maximum atomic E-state index is 12.1. The molecule has 3 N–H and O–H groups in total. The summed E-state index contributed by atoms with van der Waals surface area (Å²) < 4.78 is 1.97. The third-order valence-electron chi connectivity index (χ3n) is 4.45. The Bertz CT molecular complexity index is 464. The predicted molar refractivity (Wildman–Crippen MR) is 77.1 cm³/mol. The molecular weight excluding hydrogens is 254 g/mol. The molecule has 3 heterocycles. The minimum atomic E-state index is 0.0705. The Hall–Kier alpha value is -1.56. The van der Waals surface area contributed by atoms with Crippen molar-refractivity contribution in [3.8, 4) is 0 Å². The van der Waals surface area contributed by atoms with Crippen molar-refractivity contribution in [3.63, 3.8) is 0 Å². The van der Waals surface area contributed by atoms with Gasteiger partial charge in [-0.05, 0) is 38.2 Å². The monoisotopic (exact) mass is 277 g/mol. The highest BCUT2D eigenvalue weighted by Crippen LogP contribution is 2.25. The minimum absolute atomic E-state index is 0.0705. The highest BCUT2D eigenvalue weighted by molar-refractivity contribution is 5.81. The van der Waals surface area contributed by atoms with Gasteiger partial charge in [0.25, 0.3) is 0 Å². The number of piperidine rings is 1. The number of hydrogen-bond donors (Lipinski definition) is 2. The SMILES string of the molecule is Nc1ccn(C2CCN(C3CCCCNC3=O)CC2)n1. The molecule has 6 nitrogen and oxygen atoms in total. The number of amides is 1. The zero-order chi connectivity index (χ0) is 13.9. The van der Waals surface area contributed by atoms with E-state index in [4.69, 9.17) is 5.73 Å². The van der Waals surface area contributed by atoms with Gasteiger partial charge in [-0.1, -0.05) is 0 Å². The van der Waals surface area contributed by atoms with Crippen molar-refractivity contribution in [1.29, 1.82) is 0 Å². The Labute approximate surface area is 119 Å². The van der Waals surface area contributed by atoms with Crippen LogP contribution in [0.1, 0.15) is 38.1 Å². The fourth-order valence-corrected chi connectivity index (χ4v) is 3.29. The first kappa shape index (κ1) is 13.4. The van der Waals surface area contributed by atoms with E-state index in [0.29, 0.717) is 11.9 Å². The smallest absolute Gasteiger partial charge is 0.237 e. The van der Waals surface area contributed by atoms with Gasteiger partial charge in [0, 0.05) is 25.8 Å². The summed E-state index contributed by atoms with van der Waals surface area (Å²) in [5.74, 6) is 0.792. The lowest BCUT2D eigenvalue weighted by atomic mass is 10.0. The Kier molecular flexibility index (Phi) is 3.91. The Balaban J connectivity index is 1.59. The summed E-state index contributed by atoms with van der Waals surface area (Å²) in [6.07, 6.45) is 7.25. The molecule has 2 aliphatic heterocycles. The van der Waals surface area contributed by atoms with Crippen LogP contribution < -0.4 is 11.1 Å². The van der Waals surface area contributed by atoms with E-state index < -0.39 is 0 Å². The molecule has 2 fully saturated rings. The van der Waals surface area contributed by atoms with Crippen molar-refractivity contribution in [1.82, 2.24) is 20.0 Å². The molecule has 0 aliphatic carbocycles. The standard InChI is InChI=1S/C14H23N5O/c15-13-6-10-19(17-13)11-4-8-18(9-5-11)12-3-1-2-7-16-14(12)20/h6,10-12H,1-5,7-9H2,(H2,15,17)(H,16,20). The highest BCUT2D eigenvalue weighted by atomic mass is 16.2. The summed E-state index contributed by atoms with van der Waals surface area (Å²) in [4.78, 5) is 14.4. The fourth-order valence-electron chi connectivity index (χ4n) is 3.29. The first-order valence-electron chi connectivity index (χ1n) is 7.56. The summed E-state index contributed by atoms with van der Waals surface area (Å²) in [5, 5.41) is 7.32. The van der Waals surface area contributed by atoms with Crippen LogP contribution in [-0.4, -0.2) is 46.3 Å². The van der Waals surface area contributed by atoms with Gasteiger partial charge < -0.3 is 11.1 Å². The maximum absolute atomic E-state index is 12.1. The Morgan fingerprint density at radius 1 is 1.25 bits per heavy atom. The lowest BCUT2D eigenvalue weighted by Crippen LogP contribution is -2.49. The zero-order valence-electron chi connectivity index (χ0n) is 11.8. The summed E-state index contributed by atoms with van der Waals surface area (Å²) >= 11 is 0. The second-order valence-corrected chi connectivity index (χ2v) is 5.79. The van der Waals surface area contributed by atoms with Crippen molar-refractivity contribution < 1.29 is 4.79 Å². The quantitative estimate of drug-likeness (QED) is 0.837. The van der Waals surface area contributed by atoms with E-state index >= 15 is 0 Å². The van der Waals surface area contributed by atoms with Gasteiger partial charge in [-0.2, -0.15) is 5.10 Å². The number of rotatable bonds is 2. The van der Waals surface area contributed by atoms with Crippen LogP contribution in [-0.2, 0) is 4.79 Å². The number of carbonyl (C=O) groups excluding carboxylic acids is 1. The van der Waals surface area contributed by atoms with Gasteiger partial charge in [0.05, 0.1) is 12.1 Å². The van der Waals surface area contributed by atoms with E-state index in [2.05, 4.69) is 15.3 Å². The average molecular weight is 277 g/mol. The number of likely N-dealkylation sites (tertiary alicyclic amines) is 1. The normalized spacial score (nSPS) is 26.2. The number of carbonyl (C=O) groups is 1. The molecule has 1 atom stereocenters. The number of anilines is 1. The average Bonchev–Trinajstić information content (AvgIpc) is 2.78. The molecule has 2 saturated heterocycles. The second kappa shape index (κ2) is 5.83. The van der Waals surface area contributed by atoms with Crippen molar-refractivity contribution in [2.75, 3.05) is 25.4 Å². The number of aromatic nitrogens is 2. The van der Waals surface area contributed by atoms with Gasteiger partial charge in [-0.25, -0.2) is 0 Å². The van der Waals surface area contributed by atoms with E-state index in [1.807, 2.05) is 16.9 Å². The second-order valence-electron chi connectivity index (χ2n) is 5.79. The third-order valence-corrected chi connectivity index (χ3v) is 4.45. The molecule has 1 aromatic rings. The van der Waals surface area contributed by atoms with Crippen LogP contribution in [0.15, 0.2) is 12.3 Å². The van der Waals surface area contributed by atoms with Gasteiger partial charge in [-0.15, -0.1) is 0 Å². The predicted octanol–water partition coefficient (Wildman–Crippen LogP) is 0.771. The molecule has 20 heavy (non-hydrogen) atoms. The lowest BCUT2D eigenvalue weighted by Gasteiger charge is -2.36. The molecule has 110 valence electrons. The molecule has 0 aromatic carbocycles. The Morgan fingerprint density at radius 2 is 2.05 bits per heavy atom. The van der Waals surface area contributed by atoms with Crippen molar-refractivity contribution in [2.45, 2.75) is 44.2 Å². The number of nitrogens with two attached hydrogens (primary N) is 1. The van der Waals surface area contributed by atoms with E-state index in [1.54, 1.807) is 0 Å². The van der Waals surface area contributed by atoms with Gasteiger partial charge >= 0.3 is 0 Å². The third kappa shape index (κ3) is 2.80. The zero-order valence-corrected chi connectivity index (χ0v) is 11.8. The minimum Gasteiger partial charge on any atom is -0.382 e. The first-order chi connectivity index (χ1) is 9.74. The van der Waals surface area contributed by atoms with Crippen molar-refractivity contribution in [2.24, 2.45) is 0 Å². The van der Waals surface area contributed by atoms with E-state index in [0.717, 1.165) is 51.7 Å². The van der Waals surface area contributed by atoms with Crippen molar-refractivity contribution in [3.05, 3.63) is 12.3 Å². The molecule has 0 saturated carbocycles. The molecule has 0 spiro atoms. The molecule has 0 bridgehead atoms. The molecule has 1 amide bonds. The summed E-state index contributed by atoms with van der Waals surface area (Å²) in [7, 11) is 0. The van der Waals surface area contributed by atoms with Gasteiger partial charge in [0.15, 0.2) is 0 Å². The fraction of sp³-hybridized carbons (Fsp3) is 0.714. The summed E-state index contributed by atoms with van der Waals surface area (Å²) in [6.45, 7) is 2.75. The largest absolute Gasteiger partial charge is 0.382 e. The highest BCUT2D eigenvalue weighted by Gasteiger charge is 2.31. The molecule has 6 heteroatoms. The first-order valence-corrected chi connectivity index (χ1v) is 7.56. The van der Waals surface area contributed by atoms with Crippen LogP contribution in [0, 0.1) is 0 Å². The summed E-state index contributed by atoms with van der Waals surface area (Å²) in [5.41, 5.74) is 5.67. The number of nitrogens with zero attached hydrogens (tertiary/aromatic N) is 3. The summed E-state index contributed by atoms with van der Waals surface area (Å²) in [6, 6.07) is 2.32. The van der Waals surface area contributed by atoms with Gasteiger partial charge in [0.2, 0.25) is 5.91 Å². The van der Waals surface area contributed by atoms with E-state index in [9.17, 15) is 4.79 Å². The van der Waals surface area contributed by atoms with Crippen LogP contribution in [0.4, 0.5) is 5.82 Å². The van der Waals surface area contributed by atoms with Gasteiger partial charge in [0.1, 0.15) is 5.82 Å². The maximum Gasteiger partial charge on any atom is 0.237 e. The van der Waals surface area contributed by atoms with E-state index in [1.165, 1.54) is 0 Å². The van der Waals surface area contributed by atoms with Crippen molar-refractivity contribution >= 4 is 11.7 Å². The molecule has 2 aliphatic rings. The van der Waals surface area contributed by atoms with Crippen LogP contribution in [0.3, 0.4) is 0 Å². The van der Waals surface area contributed by atoms with Crippen LogP contribution in [0.25, 0.3) is 0 Å². The number of hydrogen-bond acceptors (Lipinski definition) is 4. The molecule has 0 radical (unpaired) electrons. The Morgan fingerprint density at radius 3 is 2.75 bits per heavy atom. The molecule has 1 unspecified atom stereocenters. The van der Waals surface area contributed by atoms with Crippen LogP contribution in [0.2, 0.25) is 0 Å². The van der Waals surface area contributed by atoms with E-state index in [-0.39, 0.29) is 11.9 Å².